The summed E-state index contributed by atoms with van der Waals surface area (Å²) in [6.45, 7) is 2.86. The van der Waals surface area contributed by atoms with Crippen LogP contribution in [0.2, 0.25) is 10.0 Å². The number of hydrogen-bond donors (Lipinski definition) is 1. The summed E-state index contributed by atoms with van der Waals surface area (Å²) in [5, 5.41) is 3.03. The molecule has 0 fully saturated rings. The number of rotatable bonds is 4. The van der Waals surface area contributed by atoms with Gasteiger partial charge in [-0.2, -0.15) is 0 Å². The van der Waals surface area contributed by atoms with Crippen molar-refractivity contribution in [1.29, 1.82) is 0 Å². The summed E-state index contributed by atoms with van der Waals surface area (Å²) in [7, 11) is 0. The van der Waals surface area contributed by atoms with Gasteiger partial charge in [0.05, 0.1) is 15.6 Å². The smallest absolute Gasteiger partial charge is 0.269 e. The third kappa shape index (κ3) is 3.73. The van der Waals surface area contributed by atoms with Gasteiger partial charge in [0.25, 0.3) is 5.56 Å². The van der Waals surface area contributed by atoms with Crippen LogP contribution in [0.5, 0.6) is 0 Å². The molecule has 2 aromatic heterocycles. The van der Waals surface area contributed by atoms with E-state index < -0.39 is 11.5 Å². The quantitative estimate of drug-likeness (QED) is 0.851. The van der Waals surface area contributed by atoms with Gasteiger partial charge in [0, 0.05) is 13.1 Å². The molecule has 0 bridgehead atoms. The van der Waals surface area contributed by atoms with Crippen LogP contribution in [0.25, 0.3) is 0 Å². The van der Waals surface area contributed by atoms with Gasteiger partial charge in [0.1, 0.15) is 11.6 Å². The monoisotopic (exact) mass is 359 g/mol. The number of ketones is 1. The highest BCUT2D eigenvalue weighted by Crippen LogP contribution is 2.22. The van der Waals surface area contributed by atoms with Crippen LogP contribution in [-0.2, 0) is 11.3 Å². The number of carbonyl (C=O) groups is 2. The first-order chi connectivity index (χ1) is 10.3. The number of anilines is 1. The van der Waals surface area contributed by atoms with E-state index in [4.69, 9.17) is 23.2 Å². The lowest BCUT2D eigenvalue weighted by Crippen LogP contribution is -2.27. The molecule has 1 amide bonds. The summed E-state index contributed by atoms with van der Waals surface area (Å²) in [6, 6.07) is 1.31. The largest absolute Gasteiger partial charge is 0.303 e. The van der Waals surface area contributed by atoms with Gasteiger partial charge in [-0.15, -0.1) is 0 Å². The number of Topliss-reactive ketones (excluding diaryl/α,β-unsaturated/α-hetero) is 1. The highest BCUT2D eigenvalue weighted by Gasteiger charge is 2.14. The number of aromatic nitrogens is 2. The zero-order valence-electron chi connectivity index (χ0n) is 11.6. The van der Waals surface area contributed by atoms with Crippen LogP contribution >= 0.6 is 34.5 Å². The van der Waals surface area contributed by atoms with Crippen molar-refractivity contribution in [3.63, 3.8) is 0 Å². The van der Waals surface area contributed by atoms with Crippen molar-refractivity contribution in [3.8, 4) is 0 Å². The molecule has 0 aromatic carbocycles. The SMILES string of the molecule is CC(=O)c1sc(NC(=O)Cn2cc(Cl)cc(Cl)c2=O)nc1C. The highest BCUT2D eigenvalue weighted by molar-refractivity contribution is 7.17. The molecule has 0 unspecified atom stereocenters. The summed E-state index contributed by atoms with van der Waals surface area (Å²) in [5.41, 5.74) is 0.0386. The Bertz CT molecular complexity index is 813. The predicted molar refractivity (Wildman–Crippen MR) is 86.2 cm³/mol. The first-order valence-corrected chi connectivity index (χ1v) is 7.69. The lowest BCUT2D eigenvalue weighted by atomic mass is 10.3. The molecule has 0 saturated heterocycles. The molecule has 0 atom stereocenters. The molecule has 0 radical (unpaired) electrons. The second kappa shape index (κ2) is 6.60. The third-order valence-electron chi connectivity index (χ3n) is 2.69. The van der Waals surface area contributed by atoms with Gasteiger partial charge in [-0.1, -0.05) is 34.5 Å². The molecule has 2 aromatic rings. The molecule has 0 aliphatic rings. The molecule has 0 spiro atoms. The van der Waals surface area contributed by atoms with Gasteiger partial charge in [0.2, 0.25) is 5.91 Å². The van der Waals surface area contributed by atoms with Gasteiger partial charge in [0.15, 0.2) is 10.9 Å². The fraction of sp³-hybridized carbons (Fsp3) is 0.231. The lowest BCUT2D eigenvalue weighted by molar-refractivity contribution is -0.116. The molecular weight excluding hydrogens is 349 g/mol. The molecule has 2 rings (SSSR count). The number of nitrogens with zero attached hydrogens (tertiary/aromatic N) is 2. The molecule has 6 nitrogen and oxygen atoms in total. The van der Waals surface area contributed by atoms with Crippen molar-refractivity contribution < 1.29 is 9.59 Å². The maximum Gasteiger partial charge on any atom is 0.269 e. The van der Waals surface area contributed by atoms with Crippen LogP contribution < -0.4 is 10.9 Å². The number of halogens is 2. The Labute approximate surface area is 139 Å². The van der Waals surface area contributed by atoms with Gasteiger partial charge in [-0.25, -0.2) is 4.98 Å². The number of carbonyl (C=O) groups excluding carboxylic acids is 2. The number of thiazole rings is 1. The average molecular weight is 360 g/mol. The first kappa shape index (κ1) is 16.7. The third-order valence-corrected chi connectivity index (χ3v) is 4.34. The Kier molecular flexibility index (Phi) is 5.00. The average Bonchev–Trinajstić information content (AvgIpc) is 2.76. The molecule has 2 heterocycles. The maximum absolute atomic E-state index is 12.0. The van der Waals surface area contributed by atoms with E-state index in [0.29, 0.717) is 15.7 Å². The summed E-state index contributed by atoms with van der Waals surface area (Å²) in [5.74, 6) is -0.586. The van der Waals surface area contributed by atoms with E-state index in [1.165, 1.54) is 19.2 Å². The summed E-state index contributed by atoms with van der Waals surface area (Å²) >= 11 is 12.6. The number of amides is 1. The number of pyridine rings is 1. The zero-order valence-corrected chi connectivity index (χ0v) is 14.0. The zero-order chi connectivity index (χ0) is 16.4. The van der Waals surface area contributed by atoms with E-state index in [1.807, 2.05) is 0 Å². The van der Waals surface area contributed by atoms with Crippen molar-refractivity contribution in [1.82, 2.24) is 9.55 Å². The molecule has 0 aliphatic carbocycles. The Morgan fingerprint density at radius 3 is 2.68 bits per heavy atom. The second-order valence-electron chi connectivity index (χ2n) is 4.48. The van der Waals surface area contributed by atoms with Gasteiger partial charge >= 0.3 is 0 Å². The Morgan fingerprint density at radius 1 is 1.41 bits per heavy atom. The van der Waals surface area contributed by atoms with Crippen molar-refractivity contribution in [2.45, 2.75) is 20.4 Å². The van der Waals surface area contributed by atoms with Crippen molar-refractivity contribution in [2.75, 3.05) is 5.32 Å². The molecule has 0 saturated carbocycles. The molecule has 22 heavy (non-hydrogen) atoms. The highest BCUT2D eigenvalue weighted by atomic mass is 35.5. The summed E-state index contributed by atoms with van der Waals surface area (Å²) < 4.78 is 1.10. The second-order valence-corrected chi connectivity index (χ2v) is 6.32. The molecule has 0 aliphatic heterocycles. The molecular formula is C13H11Cl2N3O3S. The summed E-state index contributed by atoms with van der Waals surface area (Å²) in [6.07, 6.45) is 1.32. The standard InChI is InChI=1S/C13H11Cl2N3O3S/c1-6-11(7(2)19)22-13(16-6)17-10(20)5-18-4-8(14)3-9(15)12(18)21/h3-4H,5H2,1-2H3,(H,16,17,20). The van der Waals surface area contributed by atoms with Crippen molar-refractivity contribution >= 4 is 51.4 Å². The van der Waals surface area contributed by atoms with Crippen LogP contribution in [0, 0.1) is 6.92 Å². The minimum absolute atomic E-state index is 0.0655. The van der Waals surface area contributed by atoms with E-state index in [-0.39, 0.29) is 22.4 Å². The van der Waals surface area contributed by atoms with Crippen LogP contribution in [0.1, 0.15) is 22.3 Å². The van der Waals surface area contributed by atoms with E-state index in [9.17, 15) is 14.4 Å². The predicted octanol–water partition coefficient (Wildman–Crippen LogP) is 2.76. The van der Waals surface area contributed by atoms with E-state index in [2.05, 4.69) is 10.3 Å². The van der Waals surface area contributed by atoms with Gasteiger partial charge in [-0.05, 0) is 13.0 Å². The van der Waals surface area contributed by atoms with Crippen molar-refractivity contribution in [3.05, 3.63) is 43.2 Å². The number of hydrogen-bond acceptors (Lipinski definition) is 5. The fourth-order valence-electron chi connectivity index (χ4n) is 1.77. The lowest BCUT2D eigenvalue weighted by Gasteiger charge is -2.06. The van der Waals surface area contributed by atoms with E-state index in [0.717, 1.165) is 15.9 Å². The Balaban J connectivity index is 2.16. The normalized spacial score (nSPS) is 10.5. The molecule has 9 heteroatoms. The van der Waals surface area contributed by atoms with Crippen LogP contribution in [-0.4, -0.2) is 21.2 Å². The van der Waals surface area contributed by atoms with Crippen LogP contribution in [0.4, 0.5) is 5.13 Å². The molecule has 116 valence electrons. The first-order valence-electron chi connectivity index (χ1n) is 6.11. The number of nitrogens with one attached hydrogen (secondary N) is 1. The van der Waals surface area contributed by atoms with Gasteiger partial charge in [-0.3, -0.25) is 14.4 Å². The summed E-state index contributed by atoms with van der Waals surface area (Å²) in [4.78, 5) is 39.7. The van der Waals surface area contributed by atoms with E-state index in [1.54, 1.807) is 6.92 Å². The Morgan fingerprint density at radius 2 is 2.09 bits per heavy atom. The van der Waals surface area contributed by atoms with Gasteiger partial charge < -0.3 is 9.88 Å². The minimum Gasteiger partial charge on any atom is -0.303 e. The topological polar surface area (TPSA) is 81.1 Å². The van der Waals surface area contributed by atoms with Crippen LogP contribution in [0.15, 0.2) is 17.1 Å². The maximum atomic E-state index is 12.0. The minimum atomic E-state index is -0.513. The Hall–Kier alpha value is -1.70. The number of aryl methyl sites for hydroxylation is 1. The van der Waals surface area contributed by atoms with Crippen molar-refractivity contribution in [2.24, 2.45) is 0 Å². The van der Waals surface area contributed by atoms with E-state index >= 15 is 0 Å². The van der Waals surface area contributed by atoms with Crippen LogP contribution in [0.3, 0.4) is 0 Å². The molecule has 1 N–H and O–H groups in total. The fourth-order valence-corrected chi connectivity index (χ4v) is 3.16.